The van der Waals surface area contributed by atoms with Crippen LogP contribution in [-0.2, 0) is 25.9 Å². The Labute approximate surface area is 171 Å². The van der Waals surface area contributed by atoms with Crippen molar-refractivity contribution in [2.45, 2.75) is 45.3 Å². The molecule has 0 spiro atoms. The smallest absolute Gasteiger partial charge is 0.123 e. The van der Waals surface area contributed by atoms with Crippen LogP contribution >= 0.6 is 0 Å². The number of rotatable bonds is 6. The number of hydrogen-bond acceptors (Lipinski definition) is 3. The number of aromatic amines is 1. The largest absolute Gasteiger partial charge is 0.492 e. The van der Waals surface area contributed by atoms with Crippen LogP contribution in [0.3, 0.4) is 0 Å². The van der Waals surface area contributed by atoms with Crippen LogP contribution in [0.15, 0.2) is 36.5 Å². The first-order valence-corrected chi connectivity index (χ1v) is 10.7. The van der Waals surface area contributed by atoms with Crippen molar-refractivity contribution in [1.82, 2.24) is 15.2 Å². The van der Waals surface area contributed by atoms with E-state index in [1.54, 1.807) is 6.07 Å². The van der Waals surface area contributed by atoms with Gasteiger partial charge in [-0.25, -0.2) is 4.39 Å². The van der Waals surface area contributed by atoms with E-state index in [0.29, 0.717) is 6.04 Å². The fourth-order valence-corrected chi connectivity index (χ4v) is 4.93. The molecule has 4 nitrogen and oxygen atoms in total. The monoisotopic (exact) mass is 393 g/mol. The highest BCUT2D eigenvalue weighted by atomic mass is 19.1. The lowest BCUT2D eigenvalue weighted by Crippen LogP contribution is -2.44. The number of H-pyrrole nitrogens is 1. The fraction of sp³-hybridized carbons (Fsp3) is 0.417. The number of ether oxygens (including phenoxy) is 1. The van der Waals surface area contributed by atoms with Crippen LogP contribution in [0.1, 0.15) is 35.6 Å². The van der Waals surface area contributed by atoms with Crippen molar-refractivity contribution < 1.29 is 9.13 Å². The van der Waals surface area contributed by atoms with Gasteiger partial charge in [-0.2, -0.15) is 0 Å². The van der Waals surface area contributed by atoms with E-state index in [0.717, 1.165) is 68.7 Å². The zero-order chi connectivity index (χ0) is 19.8. The van der Waals surface area contributed by atoms with Gasteiger partial charge in [0.25, 0.3) is 0 Å². The molecule has 3 aromatic rings. The number of likely N-dealkylation sites (N-methyl/N-ethyl adjacent to an activating group) is 1. The van der Waals surface area contributed by atoms with Gasteiger partial charge in [-0.05, 0) is 73.3 Å². The molecule has 2 aromatic carbocycles. The molecular formula is C24H28FN3O. The summed E-state index contributed by atoms with van der Waals surface area (Å²) < 4.78 is 19.8. The molecule has 1 unspecified atom stereocenters. The Balaban J connectivity index is 1.25. The Morgan fingerprint density at radius 2 is 2.10 bits per heavy atom. The molecule has 0 bridgehead atoms. The van der Waals surface area contributed by atoms with Crippen LogP contribution in [0.25, 0.3) is 10.9 Å². The summed E-state index contributed by atoms with van der Waals surface area (Å²) in [5.41, 5.74) is 6.47. The number of aromatic nitrogens is 1. The second kappa shape index (κ2) is 7.81. The summed E-state index contributed by atoms with van der Waals surface area (Å²) in [6, 6.07) is 9.73. The third kappa shape index (κ3) is 3.53. The number of benzene rings is 2. The lowest BCUT2D eigenvalue weighted by Gasteiger charge is -2.35. The van der Waals surface area contributed by atoms with Gasteiger partial charge < -0.3 is 15.0 Å². The molecule has 3 heterocycles. The number of nitrogens with zero attached hydrogens (tertiary/aromatic N) is 1. The SMILES string of the molecule is CCN(CCCc1c[nH]c2ccc(F)cc12)C1COc2ccc3c(c2C1)CNC3. The van der Waals surface area contributed by atoms with E-state index in [4.69, 9.17) is 4.74 Å². The van der Waals surface area contributed by atoms with Crippen molar-refractivity contribution in [3.05, 3.63) is 64.6 Å². The molecule has 5 rings (SSSR count). The third-order valence-electron chi connectivity index (χ3n) is 6.52. The number of halogens is 1. The van der Waals surface area contributed by atoms with Gasteiger partial charge in [0.05, 0.1) is 0 Å². The molecule has 29 heavy (non-hydrogen) atoms. The van der Waals surface area contributed by atoms with E-state index in [2.05, 4.69) is 34.3 Å². The molecule has 0 aliphatic carbocycles. The highest BCUT2D eigenvalue weighted by Gasteiger charge is 2.28. The van der Waals surface area contributed by atoms with E-state index < -0.39 is 0 Å². The van der Waals surface area contributed by atoms with Gasteiger partial charge in [-0.3, -0.25) is 4.90 Å². The Morgan fingerprint density at radius 1 is 1.17 bits per heavy atom. The summed E-state index contributed by atoms with van der Waals surface area (Å²) in [5, 5.41) is 4.47. The highest BCUT2D eigenvalue weighted by molar-refractivity contribution is 5.83. The minimum absolute atomic E-state index is 0.173. The number of aryl methyl sites for hydroxylation is 1. The van der Waals surface area contributed by atoms with Gasteiger partial charge in [0.2, 0.25) is 0 Å². The maximum atomic E-state index is 13.6. The molecule has 0 amide bonds. The first-order valence-electron chi connectivity index (χ1n) is 10.7. The van der Waals surface area contributed by atoms with E-state index in [9.17, 15) is 4.39 Å². The lowest BCUT2D eigenvalue weighted by atomic mass is 9.94. The van der Waals surface area contributed by atoms with Crippen molar-refractivity contribution in [3.63, 3.8) is 0 Å². The Morgan fingerprint density at radius 3 is 3.00 bits per heavy atom. The second-order valence-corrected chi connectivity index (χ2v) is 8.19. The predicted octanol–water partition coefficient (Wildman–Crippen LogP) is 4.17. The average Bonchev–Trinajstić information content (AvgIpc) is 3.38. The standard InChI is InChI=1S/C24H28FN3O/c1-2-28(9-3-4-16-13-27-23-7-6-18(25)10-20(16)23)19-11-21-22-14-26-12-17(22)5-8-24(21)29-15-19/h5-8,10,13,19,26-27H,2-4,9,11-12,14-15H2,1H3. The lowest BCUT2D eigenvalue weighted by molar-refractivity contribution is 0.123. The molecular weight excluding hydrogens is 365 g/mol. The van der Waals surface area contributed by atoms with Crippen LogP contribution in [0, 0.1) is 5.82 Å². The van der Waals surface area contributed by atoms with Gasteiger partial charge in [0, 0.05) is 41.8 Å². The zero-order valence-corrected chi connectivity index (χ0v) is 16.9. The van der Waals surface area contributed by atoms with Gasteiger partial charge in [-0.15, -0.1) is 0 Å². The number of fused-ring (bicyclic) bond motifs is 4. The average molecular weight is 394 g/mol. The molecule has 2 aliphatic rings. The second-order valence-electron chi connectivity index (χ2n) is 8.19. The van der Waals surface area contributed by atoms with Gasteiger partial charge >= 0.3 is 0 Å². The quantitative estimate of drug-likeness (QED) is 0.660. The molecule has 0 saturated carbocycles. The Hall–Kier alpha value is -2.37. The van der Waals surface area contributed by atoms with E-state index in [1.165, 1.54) is 28.3 Å². The normalized spacial score (nSPS) is 18.1. The van der Waals surface area contributed by atoms with Crippen molar-refractivity contribution in [2.75, 3.05) is 19.7 Å². The molecule has 152 valence electrons. The summed E-state index contributed by atoms with van der Waals surface area (Å²) in [7, 11) is 0. The Bertz CT molecular complexity index is 1030. The van der Waals surface area contributed by atoms with E-state index in [-0.39, 0.29) is 5.82 Å². The summed E-state index contributed by atoms with van der Waals surface area (Å²) in [5.74, 6) is 0.897. The molecule has 2 aliphatic heterocycles. The third-order valence-corrected chi connectivity index (χ3v) is 6.52. The maximum Gasteiger partial charge on any atom is 0.123 e. The molecule has 1 aromatic heterocycles. The molecule has 2 N–H and O–H groups in total. The molecule has 5 heteroatoms. The molecule has 1 atom stereocenters. The first-order chi connectivity index (χ1) is 14.2. The first kappa shape index (κ1) is 18.6. The summed E-state index contributed by atoms with van der Waals surface area (Å²) in [6.07, 6.45) is 5.08. The van der Waals surface area contributed by atoms with Crippen molar-refractivity contribution in [2.24, 2.45) is 0 Å². The van der Waals surface area contributed by atoms with E-state index >= 15 is 0 Å². The van der Waals surface area contributed by atoms with Crippen LogP contribution in [0.2, 0.25) is 0 Å². The van der Waals surface area contributed by atoms with Gasteiger partial charge in [0.1, 0.15) is 18.2 Å². The topological polar surface area (TPSA) is 40.3 Å². The van der Waals surface area contributed by atoms with Crippen LogP contribution in [0.5, 0.6) is 5.75 Å². The van der Waals surface area contributed by atoms with Crippen LogP contribution in [0.4, 0.5) is 4.39 Å². The zero-order valence-electron chi connectivity index (χ0n) is 16.9. The molecule has 0 fully saturated rings. The summed E-state index contributed by atoms with van der Waals surface area (Å²) in [6.45, 7) is 6.95. The highest BCUT2D eigenvalue weighted by Crippen LogP contribution is 2.33. The van der Waals surface area contributed by atoms with Gasteiger partial charge in [-0.1, -0.05) is 13.0 Å². The van der Waals surface area contributed by atoms with Gasteiger partial charge in [0.15, 0.2) is 0 Å². The minimum atomic E-state index is -0.173. The summed E-state index contributed by atoms with van der Waals surface area (Å²) >= 11 is 0. The number of hydrogen-bond donors (Lipinski definition) is 2. The van der Waals surface area contributed by atoms with Crippen LogP contribution in [-0.4, -0.2) is 35.6 Å². The van der Waals surface area contributed by atoms with Crippen LogP contribution < -0.4 is 10.1 Å². The van der Waals surface area contributed by atoms with E-state index in [1.807, 2.05) is 12.3 Å². The van der Waals surface area contributed by atoms with Crippen molar-refractivity contribution in [1.29, 1.82) is 0 Å². The Kier molecular flexibility index (Phi) is 5.02. The molecule has 0 saturated heterocycles. The van der Waals surface area contributed by atoms with Crippen molar-refractivity contribution >= 4 is 10.9 Å². The fourth-order valence-electron chi connectivity index (χ4n) is 4.93. The maximum absolute atomic E-state index is 13.6. The summed E-state index contributed by atoms with van der Waals surface area (Å²) in [4.78, 5) is 5.80. The molecule has 0 radical (unpaired) electrons. The van der Waals surface area contributed by atoms with Crippen molar-refractivity contribution in [3.8, 4) is 5.75 Å². The minimum Gasteiger partial charge on any atom is -0.492 e. The number of nitrogens with one attached hydrogen (secondary N) is 2. The predicted molar refractivity (Wildman–Crippen MR) is 114 cm³/mol.